The number of rotatable bonds is 7. The second-order valence-corrected chi connectivity index (χ2v) is 4.17. The standard InChI is InChI=1S/C13H21FN2O/c1-3-17-13-5-4-11(6-12(13)14)9-16-8-10(2)7-15/h4-6,10,16H,3,7-9,15H2,1-2H3. The summed E-state index contributed by atoms with van der Waals surface area (Å²) in [6.45, 7) is 6.53. The number of nitrogens with two attached hydrogens (primary N) is 1. The molecule has 0 aromatic heterocycles. The molecule has 1 unspecified atom stereocenters. The fourth-order valence-corrected chi connectivity index (χ4v) is 1.47. The lowest BCUT2D eigenvalue weighted by Crippen LogP contribution is -2.25. The molecule has 1 aromatic carbocycles. The molecule has 4 heteroatoms. The molecule has 0 aliphatic carbocycles. The van der Waals surface area contributed by atoms with E-state index in [1.807, 2.05) is 13.0 Å². The van der Waals surface area contributed by atoms with Crippen LogP contribution in [0, 0.1) is 11.7 Å². The van der Waals surface area contributed by atoms with Gasteiger partial charge in [-0.05, 0) is 43.6 Å². The van der Waals surface area contributed by atoms with Crippen molar-refractivity contribution in [1.82, 2.24) is 5.32 Å². The number of hydrogen-bond donors (Lipinski definition) is 2. The lowest BCUT2D eigenvalue weighted by atomic mass is 10.1. The molecule has 17 heavy (non-hydrogen) atoms. The van der Waals surface area contributed by atoms with Crippen molar-refractivity contribution >= 4 is 0 Å². The number of nitrogens with one attached hydrogen (secondary N) is 1. The van der Waals surface area contributed by atoms with Crippen molar-refractivity contribution in [2.75, 3.05) is 19.7 Å². The molecule has 0 heterocycles. The van der Waals surface area contributed by atoms with E-state index in [1.54, 1.807) is 6.07 Å². The maximum atomic E-state index is 13.5. The third-order valence-corrected chi connectivity index (χ3v) is 2.52. The molecule has 0 aliphatic rings. The van der Waals surface area contributed by atoms with Crippen molar-refractivity contribution in [3.63, 3.8) is 0 Å². The molecule has 0 aliphatic heterocycles. The highest BCUT2D eigenvalue weighted by atomic mass is 19.1. The molecule has 0 saturated carbocycles. The monoisotopic (exact) mass is 240 g/mol. The summed E-state index contributed by atoms with van der Waals surface area (Å²) in [5.74, 6) is 0.437. The first-order chi connectivity index (χ1) is 8.17. The van der Waals surface area contributed by atoms with Crippen LogP contribution in [0.1, 0.15) is 19.4 Å². The summed E-state index contributed by atoms with van der Waals surface area (Å²) in [6, 6.07) is 5.04. The van der Waals surface area contributed by atoms with Crippen molar-refractivity contribution in [2.24, 2.45) is 11.7 Å². The van der Waals surface area contributed by atoms with Gasteiger partial charge >= 0.3 is 0 Å². The maximum absolute atomic E-state index is 13.5. The van der Waals surface area contributed by atoms with Gasteiger partial charge in [-0.2, -0.15) is 0 Å². The van der Waals surface area contributed by atoms with Crippen molar-refractivity contribution in [2.45, 2.75) is 20.4 Å². The van der Waals surface area contributed by atoms with Gasteiger partial charge < -0.3 is 15.8 Å². The molecule has 3 N–H and O–H groups in total. The zero-order chi connectivity index (χ0) is 12.7. The molecule has 0 amide bonds. The first kappa shape index (κ1) is 13.9. The third kappa shape index (κ3) is 4.71. The van der Waals surface area contributed by atoms with E-state index in [2.05, 4.69) is 12.2 Å². The Bertz CT molecular complexity index is 344. The van der Waals surface area contributed by atoms with Gasteiger partial charge in [0.1, 0.15) is 0 Å². The van der Waals surface area contributed by atoms with E-state index in [0.29, 0.717) is 31.4 Å². The SMILES string of the molecule is CCOc1ccc(CNCC(C)CN)cc1F. The Kier molecular flexibility index (Phi) is 5.94. The molecular weight excluding hydrogens is 219 g/mol. The van der Waals surface area contributed by atoms with Gasteiger partial charge in [-0.15, -0.1) is 0 Å². The topological polar surface area (TPSA) is 47.3 Å². The van der Waals surface area contributed by atoms with Crippen LogP contribution in [0.25, 0.3) is 0 Å². The summed E-state index contributed by atoms with van der Waals surface area (Å²) in [5, 5.41) is 3.24. The molecular formula is C13H21FN2O. The van der Waals surface area contributed by atoms with Crippen molar-refractivity contribution in [3.05, 3.63) is 29.6 Å². The van der Waals surface area contributed by atoms with Gasteiger partial charge in [0, 0.05) is 6.54 Å². The largest absolute Gasteiger partial charge is 0.491 e. The van der Waals surface area contributed by atoms with Crippen molar-refractivity contribution in [1.29, 1.82) is 0 Å². The van der Waals surface area contributed by atoms with Crippen molar-refractivity contribution in [3.8, 4) is 5.75 Å². The highest BCUT2D eigenvalue weighted by Gasteiger charge is 2.04. The average Bonchev–Trinajstić information content (AvgIpc) is 2.32. The van der Waals surface area contributed by atoms with Crippen LogP contribution in [0.15, 0.2) is 18.2 Å². The van der Waals surface area contributed by atoms with E-state index in [9.17, 15) is 4.39 Å². The molecule has 1 aromatic rings. The van der Waals surface area contributed by atoms with Gasteiger partial charge in [-0.1, -0.05) is 13.0 Å². The quantitative estimate of drug-likeness (QED) is 0.765. The van der Waals surface area contributed by atoms with Crippen LogP contribution < -0.4 is 15.8 Å². The van der Waals surface area contributed by atoms with Gasteiger partial charge in [-0.3, -0.25) is 0 Å². The lowest BCUT2D eigenvalue weighted by Gasteiger charge is -2.11. The minimum Gasteiger partial charge on any atom is -0.491 e. The molecule has 96 valence electrons. The minimum atomic E-state index is -0.307. The van der Waals surface area contributed by atoms with Crippen LogP contribution in [0.2, 0.25) is 0 Å². The van der Waals surface area contributed by atoms with E-state index in [0.717, 1.165) is 12.1 Å². The first-order valence-electron chi connectivity index (χ1n) is 5.99. The van der Waals surface area contributed by atoms with Crippen LogP contribution in [0.4, 0.5) is 4.39 Å². The molecule has 3 nitrogen and oxygen atoms in total. The van der Waals surface area contributed by atoms with Gasteiger partial charge in [0.15, 0.2) is 11.6 Å². The summed E-state index contributed by atoms with van der Waals surface area (Å²) in [4.78, 5) is 0. The van der Waals surface area contributed by atoms with Crippen LogP contribution >= 0.6 is 0 Å². The summed E-state index contributed by atoms with van der Waals surface area (Å²) in [7, 11) is 0. The van der Waals surface area contributed by atoms with Gasteiger partial charge in [-0.25, -0.2) is 4.39 Å². The Hall–Kier alpha value is -1.13. The zero-order valence-electron chi connectivity index (χ0n) is 10.5. The second kappa shape index (κ2) is 7.25. The lowest BCUT2D eigenvalue weighted by molar-refractivity contribution is 0.321. The number of ether oxygens (including phenoxy) is 1. The summed E-state index contributed by atoms with van der Waals surface area (Å²) in [5.41, 5.74) is 6.42. The maximum Gasteiger partial charge on any atom is 0.165 e. The normalized spacial score (nSPS) is 12.5. The zero-order valence-corrected chi connectivity index (χ0v) is 10.5. The minimum absolute atomic E-state index is 0.307. The number of benzene rings is 1. The summed E-state index contributed by atoms with van der Waals surface area (Å²) in [6.07, 6.45) is 0. The number of halogens is 1. The van der Waals surface area contributed by atoms with Crippen LogP contribution in [-0.2, 0) is 6.54 Å². The van der Waals surface area contributed by atoms with Crippen LogP contribution in [-0.4, -0.2) is 19.7 Å². The fraction of sp³-hybridized carbons (Fsp3) is 0.538. The van der Waals surface area contributed by atoms with E-state index in [1.165, 1.54) is 6.07 Å². The molecule has 1 atom stereocenters. The smallest absolute Gasteiger partial charge is 0.165 e. The van der Waals surface area contributed by atoms with E-state index >= 15 is 0 Å². The highest BCUT2D eigenvalue weighted by Crippen LogP contribution is 2.18. The highest BCUT2D eigenvalue weighted by molar-refractivity contribution is 5.29. The Morgan fingerprint density at radius 3 is 2.82 bits per heavy atom. The Labute approximate surface area is 102 Å². The molecule has 1 rings (SSSR count). The molecule has 0 spiro atoms. The van der Waals surface area contributed by atoms with Crippen LogP contribution in [0.5, 0.6) is 5.75 Å². The first-order valence-corrected chi connectivity index (χ1v) is 5.99. The molecule has 0 bridgehead atoms. The Balaban J connectivity index is 2.47. The van der Waals surface area contributed by atoms with Crippen LogP contribution in [0.3, 0.4) is 0 Å². The predicted molar refractivity (Wildman–Crippen MR) is 67.5 cm³/mol. The fourth-order valence-electron chi connectivity index (χ4n) is 1.47. The van der Waals surface area contributed by atoms with Gasteiger partial charge in [0.25, 0.3) is 0 Å². The molecule has 0 fully saturated rings. The van der Waals surface area contributed by atoms with Gasteiger partial charge in [0.2, 0.25) is 0 Å². The second-order valence-electron chi connectivity index (χ2n) is 4.17. The van der Waals surface area contributed by atoms with E-state index < -0.39 is 0 Å². The molecule has 0 radical (unpaired) electrons. The van der Waals surface area contributed by atoms with E-state index in [4.69, 9.17) is 10.5 Å². The predicted octanol–water partition coefficient (Wildman–Crippen LogP) is 1.91. The van der Waals surface area contributed by atoms with E-state index in [-0.39, 0.29) is 5.82 Å². The Morgan fingerprint density at radius 2 is 2.24 bits per heavy atom. The van der Waals surface area contributed by atoms with Crippen molar-refractivity contribution < 1.29 is 9.13 Å². The average molecular weight is 240 g/mol. The third-order valence-electron chi connectivity index (χ3n) is 2.52. The van der Waals surface area contributed by atoms with Gasteiger partial charge in [0.05, 0.1) is 6.61 Å². The number of hydrogen-bond acceptors (Lipinski definition) is 3. The summed E-state index contributed by atoms with van der Waals surface area (Å²) >= 11 is 0. The Morgan fingerprint density at radius 1 is 1.47 bits per heavy atom. The molecule has 0 saturated heterocycles. The summed E-state index contributed by atoms with van der Waals surface area (Å²) < 4.78 is 18.7.